The molecule has 0 aliphatic carbocycles. The number of nitro benzene ring substituents is 1. The number of nitrogens with one attached hydrogen (secondary N) is 1. The second kappa shape index (κ2) is 9.33. The van der Waals surface area contributed by atoms with Crippen LogP contribution < -0.4 is 5.32 Å². The smallest absolute Gasteiger partial charge is 0.293 e. The van der Waals surface area contributed by atoms with Crippen LogP contribution in [0.1, 0.15) is 37.3 Å². The van der Waals surface area contributed by atoms with Gasteiger partial charge in [0.25, 0.3) is 5.69 Å². The highest BCUT2D eigenvalue weighted by Gasteiger charge is 2.19. The van der Waals surface area contributed by atoms with Gasteiger partial charge in [-0.25, -0.2) is 0 Å². The summed E-state index contributed by atoms with van der Waals surface area (Å²) in [5, 5.41) is 22.5. The third-order valence-corrected chi connectivity index (χ3v) is 5.07. The van der Waals surface area contributed by atoms with Gasteiger partial charge in [-0.2, -0.15) is 0 Å². The minimum Gasteiger partial charge on any atom is -0.319 e. The normalized spacial score (nSPS) is 10.7. The van der Waals surface area contributed by atoms with Gasteiger partial charge in [0.1, 0.15) is 12.0 Å². The molecule has 1 amide bonds. The van der Waals surface area contributed by atoms with Crippen LogP contribution in [0, 0.1) is 24.0 Å². The Kier molecular flexibility index (Phi) is 7.14. The van der Waals surface area contributed by atoms with Crippen LogP contribution in [0.5, 0.6) is 0 Å². The van der Waals surface area contributed by atoms with Gasteiger partial charge in [0.05, 0.1) is 10.7 Å². The van der Waals surface area contributed by atoms with Crippen LogP contribution in [-0.4, -0.2) is 31.3 Å². The molecule has 9 heteroatoms. The Hall–Kier alpha value is -2.42. The van der Waals surface area contributed by atoms with Crippen molar-refractivity contribution in [1.29, 1.82) is 0 Å². The van der Waals surface area contributed by atoms with E-state index in [9.17, 15) is 14.9 Å². The highest BCUT2D eigenvalue weighted by molar-refractivity contribution is 7.99. The van der Waals surface area contributed by atoms with Gasteiger partial charge in [-0.1, -0.05) is 37.6 Å². The zero-order chi connectivity index (χ0) is 19.1. The quantitative estimate of drug-likeness (QED) is 0.309. The fourth-order valence-corrected chi connectivity index (χ4v) is 3.20. The maximum Gasteiger partial charge on any atom is 0.293 e. The maximum absolute atomic E-state index is 12.3. The van der Waals surface area contributed by atoms with Crippen molar-refractivity contribution in [2.24, 2.45) is 0 Å². The SMILES string of the molecule is CCCCCn1cnnc1SCC(=O)Nc1c([N+](=O)[O-])ccc(C)c1C. The molecule has 0 atom stereocenters. The van der Waals surface area contributed by atoms with Gasteiger partial charge in [-0.15, -0.1) is 10.2 Å². The molecule has 0 spiro atoms. The standard InChI is InChI=1S/C17H23N5O3S/c1-4-5-6-9-21-11-18-20-17(21)26-10-15(23)19-16-13(3)12(2)7-8-14(16)22(24)25/h7-8,11H,4-6,9-10H2,1-3H3,(H,19,23). The molecule has 1 aromatic carbocycles. The number of benzene rings is 1. The molecule has 0 bridgehead atoms. The molecule has 0 fully saturated rings. The van der Waals surface area contributed by atoms with Gasteiger partial charge in [0.2, 0.25) is 5.91 Å². The number of nitrogens with zero attached hydrogens (tertiary/aromatic N) is 4. The van der Waals surface area contributed by atoms with E-state index in [0.717, 1.165) is 31.4 Å². The number of hydrogen-bond acceptors (Lipinski definition) is 6. The monoisotopic (exact) mass is 377 g/mol. The topological polar surface area (TPSA) is 103 Å². The number of nitro groups is 1. The van der Waals surface area contributed by atoms with E-state index in [1.165, 1.54) is 17.8 Å². The van der Waals surface area contributed by atoms with Crippen LogP contribution >= 0.6 is 11.8 Å². The molecule has 140 valence electrons. The van der Waals surface area contributed by atoms with Crippen molar-refractivity contribution >= 4 is 29.0 Å². The number of amides is 1. The van der Waals surface area contributed by atoms with Crippen LogP contribution in [0.3, 0.4) is 0 Å². The number of aryl methyl sites for hydroxylation is 2. The summed E-state index contributed by atoms with van der Waals surface area (Å²) in [6, 6.07) is 3.09. The molecule has 2 aromatic rings. The van der Waals surface area contributed by atoms with Crippen molar-refractivity contribution in [3.63, 3.8) is 0 Å². The lowest BCUT2D eigenvalue weighted by Crippen LogP contribution is -2.17. The molecule has 8 nitrogen and oxygen atoms in total. The van der Waals surface area contributed by atoms with Crippen LogP contribution in [0.15, 0.2) is 23.6 Å². The average Bonchev–Trinajstić information content (AvgIpc) is 3.04. The van der Waals surface area contributed by atoms with Crippen molar-refractivity contribution in [1.82, 2.24) is 14.8 Å². The number of thioether (sulfide) groups is 1. The summed E-state index contributed by atoms with van der Waals surface area (Å²) in [5.74, 6) is -0.202. The first-order valence-corrected chi connectivity index (χ1v) is 9.47. The Morgan fingerprint density at radius 3 is 2.81 bits per heavy atom. The lowest BCUT2D eigenvalue weighted by Gasteiger charge is -2.11. The highest BCUT2D eigenvalue weighted by Crippen LogP contribution is 2.30. The van der Waals surface area contributed by atoms with E-state index in [4.69, 9.17) is 0 Å². The number of hydrogen-bond donors (Lipinski definition) is 1. The maximum atomic E-state index is 12.3. The molecule has 0 radical (unpaired) electrons. The lowest BCUT2D eigenvalue weighted by atomic mass is 10.1. The Bertz CT molecular complexity index is 791. The molecule has 1 N–H and O–H groups in total. The molecule has 0 aliphatic rings. The molecule has 0 saturated heterocycles. The number of anilines is 1. The van der Waals surface area contributed by atoms with E-state index in [1.54, 1.807) is 19.3 Å². The summed E-state index contributed by atoms with van der Waals surface area (Å²) >= 11 is 1.27. The van der Waals surface area contributed by atoms with Gasteiger partial charge >= 0.3 is 0 Å². The van der Waals surface area contributed by atoms with E-state index in [1.807, 2.05) is 11.5 Å². The van der Waals surface area contributed by atoms with Crippen LogP contribution in [0.25, 0.3) is 0 Å². The zero-order valence-corrected chi connectivity index (χ0v) is 16.0. The van der Waals surface area contributed by atoms with Gasteiger partial charge < -0.3 is 9.88 Å². The average molecular weight is 377 g/mol. The Labute approximate surface area is 156 Å². The van der Waals surface area contributed by atoms with Crippen molar-refractivity contribution in [2.75, 3.05) is 11.1 Å². The molecule has 2 rings (SSSR count). The van der Waals surface area contributed by atoms with E-state index >= 15 is 0 Å². The number of unbranched alkanes of at least 4 members (excludes halogenated alkanes) is 2. The molecule has 0 aliphatic heterocycles. The second-order valence-corrected chi connectivity index (χ2v) is 6.95. The van der Waals surface area contributed by atoms with Crippen molar-refractivity contribution in [3.05, 3.63) is 39.7 Å². The summed E-state index contributed by atoms with van der Waals surface area (Å²) in [7, 11) is 0. The van der Waals surface area contributed by atoms with E-state index in [2.05, 4.69) is 22.4 Å². The van der Waals surface area contributed by atoms with Gasteiger partial charge in [-0.3, -0.25) is 14.9 Å². The third kappa shape index (κ3) is 5.04. The second-order valence-electron chi connectivity index (χ2n) is 6.01. The third-order valence-electron chi connectivity index (χ3n) is 4.09. The first-order valence-electron chi connectivity index (χ1n) is 8.49. The van der Waals surface area contributed by atoms with Crippen LogP contribution in [0.4, 0.5) is 11.4 Å². The van der Waals surface area contributed by atoms with E-state index < -0.39 is 4.92 Å². The van der Waals surface area contributed by atoms with E-state index in [-0.39, 0.29) is 23.0 Å². The fourth-order valence-electron chi connectivity index (χ4n) is 2.46. The molecule has 0 saturated carbocycles. The molecule has 1 aromatic heterocycles. The number of aromatic nitrogens is 3. The Morgan fingerprint density at radius 1 is 1.35 bits per heavy atom. The molecule has 26 heavy (non-hydrogen) atoms. The highest BCUT2D eigenvalue weighted by atomic mass is 32.2. The van der Waals surface area contributed by atoms with Gasteiger partial charge in [0, 0.05) is 12.6 Å². The van der Waals surface area contributed by atoms with Crippen LogP contribution in [-0.2, 0) is 11.3 Å². The summed E-state index contributed by atoms with van der Waals surface area (Å²) in [4.78, 5) is 23.0. The summed E-state index contributed by atoms with van der Waals surface area (Å²) in [6.45, 7) is 6.56. The number of carbonyl (C=O) groups is 1. The zero-order valence-electron chi connectivity index (χ0n) is 15.2. The van der Waals surface area contributed by atoms with E-state index in [0.29, 0.717) is 10.7 Å². The van der Waals surface area contributed by atoms with Crippen LogP contribution in [0.2, 0.25) is 0 Å². The molecular weight excluding hydrogens is 354 g/mol. The predicted molar refractivity (Wildman–Crippen MR) is 101 cm³/mol. The number of carbonyl (C=O) groups excluding carboxylic acids is 1. The summed E-state index contributed by atoms with van der Waals surface area (Å²) in [6.07, 6.45) is 4.94. The predicted octanol–water partition coefficient (Wildman–Crippen LogP) is 3.72. The Balaban J connectivity index is 2.01. The van der Waals surface area contributed by atoms with Gasteiger partial charge in [-0.05, 0) is 31.4 Å². The summed E-state index contributed by atoms with van der Waals surface area (Å²) < 4.78 is 1.92. The Morgan fingerprint density at radius 2 is 2.12 bits per heavy atom. The largest absolute Gasteiger partial charge is 0.319 e. The van der Waals surface area contributed by atoms with Crippen molar-refractivity contribution in [2.45, 2.75) is 51.7 Å². The first-order chi connectivity index (χ1) is 12.4. The molecule has 1 heterocycles. The minimum atomic E-state index is -0.487. The summed E-state index contributed by atoms with van der Waals surface area (Å²) in [5.41, 5.74) is 1.73. The number of rotatable bonds is 9. The minimum absolute atomic E-state index is 0.103. The molecule has 0 unspecified atom stereocenters. The van der Waals surface area contributed by atoms with Crippen molar-refractivity contribution in [3.8, 4) is 0 Å². The fraction of sp³-hybridized carbons (Fsp3) is 0.471. The molecular formula is C17H23N5O3S. The van der Waals surface area contributed by atoms with Gasteiger partial charge in [0.15, 0.2) is 5.16 Å². The lowest BCUT2D eigenvalue weighted by molar-refractivity contribution is -0.384. The first kappa shape index (κ1) is 19.9. The van der Waals surface area contributed by atoms with Crippen molar-refractivity contribution < 1.29 is 9.72 Å².